The van der Waals surface area contributed by atoms with Gasteiger partial charge in [0.05, 0.1) is 17.6 Å². The lowest BCUT2D eigenvalue weighted by atomic mass is 9.84. The summed E-state index contributed by atoms with van der Waals surface area (Å²) in [6, 6.07) is 8.04. The molecule has 2 atom stereocenters. The number of H-pyrrole nitrogens is 1. The van der Waals surface area contributed by atoms with Crippen molar-refractivity contribution in [3.05, 3.63) is 74.3 Å². The van der Waals surface area contributed by atoms with Gasteiger partial charge in [0.2, 0.25) is 5.43 Å². The van der Waals surface area contributed by atoms with Gasteiger partial charge in [-0.1, -0.05) is 30.7 Å². The van der Waals surface area contributed by atoms with Crippen LogP contribution in [-0.4, -0.2) is 34.9 Å². The molecular formula is C23H23ClFNO5. The van der Waals surface area contributed by atoms with Gasteiger partial charge in [-0.15, -0.1) is 0 Å². The third-order valence-electron chi connectivity index (χ3n) is 5.61. The monoisotopic (exact) mass is 447 g/mol. The number of hydrogen-bond donors (Lipinski definition) is 3. The normalized spacial score (nSPS) is 13.2. The molecule has 164 valence electrons. The average molecular weight is 448 g/mol. The summed E-state index contributed by atoms with van der Waals surface area (Å²) in [6.07, 6.45) is 1.89. The number of nitrogens with one attached hydrogen (secondary N) is 1. The number of carboxylic acid groups (broad SMARTS) is 1. The standard InChI is InChI=1S/C23H23ClFNO5/c1-12(15(11-27)7-13-4-3-5-18(24)21(13)25)6-14-8-16-19(9-20(14)31-2)26-10-17(22(16)28)23(29)30/h3-5,8-10,12,15,27H,6-7,11H2,1-2H3,(H,26,28)(H,29,30). The molecule has 0 aliphatic heterocycles. The predicted octanol–water partition coefficient (Wildman–Crippen LogP) is 4.06. The quantitative estimate of drug-likeness (QED) is 0.483. The highest BCUT2D eigenvalue weighted by atomic mass is 35.5. The van der Waals surface area contributed by atoms with Crippen molar-refractivity contribution in [2.75, 3.05) is 13.7 Å². The van der Waals surface area contributed by atoms with Crippen LogP contribution >= 0.6 is 11.6 Å². The van der Waals surface area contributed by atoms with E-state index in [2.05, 4.69) is 4.98 Å². The van der Waals surface area contributed by atoms with Gasteiger partial charge in [-0.05, 0) is 47.9 Å². The minimum absolute atomic E-state index is 0.0338. The number of halogens is 2. The second-order valence-corrected chi connectivity index (χ2v) is 7.99. The maximum Gasteiger partial charge on any atom is 0.341 e. The predicted molar refractivity (Wildman–Crippen MR) is 117 cm³/mol. The molecule has 0 aliphatic rings. The van der Waals surface area contributed by atoms with Gasteiger partial charge in [0, 0.05) is 24.3 Å². The summed E-state index contributed by atoms with van der Waals surface area (Å²) in [5.41, 5.74) is 0.647. The molecule has 0 saturated carbocycles. The number of aliphatic hydroxyl groups is 1. The van der Waals surface area contributed by atoms with E-state index in [4.69, 9.17) is 16.3 Å². The molecule has 0 amide bonds. The SMILES string of the molecule is COc1cc2[nH]cc(C(=O)O)c(=O)c2cc1CC(C)C(CO)Cc1cccc(Cl)c1F. The first kappa shape index (κ1) is 22.8. The van der Waals surface area contributed by atoms with E-state index in [1.54, 1.807) is 24.3 Å². The molecule has 31 heavy (non-hydrogen) atoms. The van der Waals surface area contributed by atoms with Crippen molar-refractivity contribution < 1.29 is 24.1 Å². The summed E-state index contributed by atoms with van der Waals surface area (Å²) in [4.78, 5) is 26.7. The zero-order valence-corrected chi connectivity index (χ0v) is 17.9. The number of rotatable bonds is 8. The van der Waals surface area contributed by atoms with E-state index in [1.165, 1.54) is 13.2 Å². The van der Waals surface area contributed by atoms with Crippen LogP contribution in [0.2, 0.25) is 5.02 Å². The Hall–Kier alpha value is -2.90. The summed E-state index contributed by atoms with van der Waals surface area (Å²) >= 11 is 5.87. The number of carboxylic acids is 1. The van der Waals surface area contributed by atoms with Gasteiger partial charge in [0.1, 0.15) is 17.1 Å². The second-order valence-electron chi connectivity index (χ2n) is 7.59. The molecule has 0 aliphatic carbocycles. The number of aromatic carboxylic acids is 1. The van der Waals surface area contributed by atoms with Crippen molar-refractivity contribution in [2.45, 2.75) is 19.8 Å². The highest BCUT2D eigenvalue weighted by molar-refractivity contribution is 6.30. The molecule has 0 fully saturated rings. The maximum absolute atomic E-state index is 14.3. The number of methoxy groups -OCH3 is 1. The largest absolute Gasteiger partial charge is 0.496 e. The Kier molecular flexibility index (Phi) is 6.97. The fraction of sp³-hybridized carbons (Fsp3) is 0.304. The van der Waals surface area contributed by atoms with Gasteiger partial charge < -0.3 is 19.9 Å². The molecule has 3 aromatic rings. The van der Waals surface area contributed by atoms with E-state index in [1.807, 2.05) is 6.92 Å². The lowest BCUT2D eigenvalue weighted by Crippen LogP contribution is -2.22. The van der Waals surface area contributed by atoms with E-state index in [0.29, 0.717) is 35.2 Å². The zero-order valence-electron chi connectivity index (χ0n) is 17.1. The number of aromatic nitrogens is 1. The highest BCUT2D eigenvalue weighted by Crippen LogP contribution is 2.30. The fourth-order valence-corrected chi connectivity index (χ4v) is 3.94. The van der Waals surface area contributed by atoms with E-state index in [-0.39, 0.29) is 34.4 Å². The summed E-state index contributed by atoms with van der Waals surface area (Å²) in [5.74, 6) is -1.64. The number of pyridine rings is 1. The van der Waals surface area contributed by atoms with E-state index >= 15 is 0 Å². The first-order valence-corrected chi connectivity index (χ1v) is 10.1. The van der Waals surface area contributed by atoms with E-state index in [9.17, 15) is 24.2 Å². The van der Waals surface area contributed by atoms with Crippen molar-refractivity contribution in [2.24, 2.45) is 11.8 Å². The molecule has 2 aromatic carbocycles. The Morgan fingerprint density at radius 1 is 1.26 bits per heavy atom. The molecule has 0 bridgehead atoms. The highest BCUT2D eigenvalue weighted by Gasteiger charge is 2.22. The van der Waals surface area contributed by atoms with Gasteiger partial charge in [-0.2, -0.15) is 0 Å². The van der Waals surface area contributed by atoms with E-state index in [0.717, 1.165) is 6.20 Å². The Balaban J connectivity index is 1.94. The van der Waals surface area contributed by atoms with Crippen molar-refractivity contribution in [3.8, 4) is 5.75 Å². The Labute approximate surface area is 183 Å². The topological polar surface area (TPSA) is 99.6 Å². The molecule has 0 spiro atoms. The van der Waals surface area contributed by atoms with Gasteiger partial charge >= 0.3 is 5.97 Å². The van der Waals surface area contributed by atoms with Crippen molar-refractivity contribution >= 4 is 28.5 Å². The van der Waals surface area contributed by atoms with Crippen LogP contribution in [0.15, 0.2) is 41.3 Å². The lowest BCUT2D eigenvalue weighted by molar-refractivity contribution is 0.0695. The number of carbonyl (C=O) groups is 1. The van der Waals surface area contributed by atoms with Gasteiger partial charge in [0.25, 0.3) is 0 Å². The van der Waals surface area contributed by atoms with Crippen molar-refractivity contribution in [3.63, 3.8) is 0 Å². The lowest BCUT2D eigenvalue weighted by Gasteiger charge is -2.23. The third kappa shape index (κ3) is 4.73. The Morgan fingerprint density at radius 2 is 2.00 bits per heavy atom. The smallest absolute Gasteiger partial charge is 0.341 e. The number of aromatic amines is 1. The number of hydrogen-bond acceptors (Lipinski definition) is 4. The summed E-state index contributed by atoms with van der Waals surface area (Å²) in [7, 11) is 1.50. The zero-order chi connectivity index (χ0) is 22.7. The van der Waals surface area contributed by atoms with Gasteiger partial charge in [-0.25, -0.2) is 9.18 Å². The van der Waals surface area contributed by atoms with Gasteiger partial charge in [0.15, 0.2) is 0 Å². The Morgan fingerprint density at radius 3 is 2.65 bits per heavy atom. The maximum atomic E-state index is 14.3. The summed E-state index contributed by atoms with van der Waals surface area (Å²) in [6.45, 7) is 1.76. The van der Waals surface area contributed by atoms with Crippen LogP contribution in [0.4, 0.5) is 4.39 Å². The molecule has 3 N–H and O–H groups in total. The van der Waals surface area contributed by atoms with Crippen LogP contribution < -0.4 is 10.2 Å². The molecule has 0 radical (unpaired) electrons. The van der Waals surface area contributed by atoms with Crippen LogP contribution in [0, 0.1) is 17.7 Å². The molecule has 6 nitrogen and oxygen atoms in total. The molecule has 2 unspecified atom stereocenters. The first-order valence-electron chi connectivity index (χ1n) is 9.76. The van der Waals surface area contributed by atoms with Crippen LogP contribution in [0.5, 0.6) is 5.75 Å². The number of benzene rings is 2. The number of fused-ring (bicyclic) bond motifs is 1. The minimum Gasteiger partial charge on any atom is -0.496 e. The molecular weight excluding hydrogens is 425 g/mol. The molecule has 0 saturated heterocycles. The average Bonchev–Trinajstić information content (AvgIpc) is 2.74. The van der Waals surface area contributed by atoms with Crippen LogP contribution in [0.25, 0.3) is 10.9 Å². The summed E-state index contributed by atoms with van der Waals surface area (Å²) in [5, 5.41) is 19.4. The third-order valence-corrected chi connectivity index (χ3v) is 5.90. The molecule has 1 heterocycles. The van der Waals surface area contributed by atoms with E-state index < -0.39 is 17.2 Å². The first-order chi connectivity index (χ1) is 14.8. The van der Waals surface area contributed by atoms with Crippen molar-refractivity contribution in [1.82, 2.24) is 4.98 Å². The number of ether oxygens (including phenoxy) is 1. The Bertz CT molecular complexity index is 1180. The second kappa shape index (κ2) is 9.49. The van der Waals surface area contributed by atoms with Crippen molar-refractivity contribution in [1.29, 1.82) is 0 Å². The van der Waals surface area contributed by atoms with Gasteiger partial charge in [-0.3, -0.25) is 4.79 Å². The molecule has 1 aromatic heterocycles. The van der Waals surface area contributed by atoms with Crippen LogP contribution in [0.1, 0.15) is 28.4 Å². The van der Waals surface area contributed by atoms with Crippen LogP contribution in [0.3, 0.4) is 0 Å². The minimum atomic E-state index is -1.31. The van der Waals surface area contributed by atoms with Crippen LogP contribution in [-0.2, 0) is 12.8 Å². The summed E-state index contributed by atoms with van der Waals surface area (Å²) < 4.78 is 19.8. The number of aliphatic hydroxyl groups excluding tert-OH is 1. The fourth-order valence-electron chi connectivity index (χ4n) is 3.75. The molecule has 8 heteroatoms. The molecule has 3 rings (SSSR count).